The summed E-state index contributed by atoms with van der Waals surface area (Å²) in [6.07, 6.45) is 1.45. The van der Waals surface area contributed by atoms with Crippen LogP contribution in [0.5, 0.6) is 0 Å². The van der Waals surface area contributed by atoms with Gasteiger partial charge in [0.2, 0.25) is 0 Å². The van der Waals surface area contributed by atoms with E-state index >= 15 is 0 Å². The van der Waals surface area contributed by atoms with Gasteiger partial charge in [0, 0.05) is 11.9 Å². The van der Waals surface area contributed by atoms with Crippen LogP contribution in [-0.2, 0) is 4.74 Å². The second-order valence-electron chi connectivity index (χ2n) is 7.58. The van der Waals surface area contributed by atoms with Gasteiger partial charge < -0.3 is 10.1 Å². The highest BCUT2D eigenvalue weighted by Gasteiger charge is 2.16. The summed E-state index contributed by atoms with van der Waals surface area (Å²) in [5.74, 6) is 0.202. The summed E-state index contributed by atoms with van der Waals surface area (Å²) in [5, 5.41) is 11.0. The van der Waals surface area contributed by atoms with E-state index < -0.39 is 5.60 Å². The zero-order valence-corrected chi connectivity index (χ0v) is 15.7. The molecule has 0 bridgehead atoms. The maximum atomic E-state index is 11.8. The lowest BCUT2D eigenvalue weighted by atomic mass is 9.97. The van der Waals surface area contributed by atoms with Crippen molar-refractivity contribution < 1.29 is 9.53 Å². The van der Waals surface area contributed by atoms with Crippen molar-refractivity contribution in [2.75, 3.05) is 6.54 Å². The smallest absolute Gasteiger partial charge is 0.407 e. The highest BCUT2D eigenvalue weighted by Crippen LogP contribution is 2.25. The number of fused-ring (bicyclic) bond motifs is 1. The van der Waals surface area contributed by atoms with Crippen LogP contribution in [0.4, 0.5) is 4.79 Å². The van der Waals surface area contributed by atoms with Crippen molar-refractivity contribution in [3.05, 3.63) is 54.2 Å². The van der Waals surface area contributed by atoms with Crippen molar-refractivity contribution in [2.45, 2.75) is 39.2 Å². The Morgan fingerprint density at radius 1 is 1.15 bits per heavy atom. The second kappa shape index (κ2) is 7.20. The summed E-state index contributed by atoms with van der Waals surface area (Å²) >= 11 is 0. The van der Waals surface area contributed by atoms with Crippen LogP contribution in [0.1, 0.15) is 39.2 Å². The van der Waals surface area contributed by atoms with E-state index in [4.69, 9.17) is 4.74 Å². The lowest BCUT2D eigenvalue weighted by Crippen LogP contribution is -2.34. The van der Waals surface area contributed by atoms with Crippen LogP contribution in [-0.4, -0.2) is 28.4 Å². The average Bonchev–Trinajstić information content (AvgIpc) is 3.06. The monoisotopic (exact) mass is 351 g/mol. The molecular formula is C21H25N3O2. The van der Waals surface area contributed by atoms with Gasteiger partial charge in [0.15, 0.2) is 0 Å². The number of alkyl carbamates (subject to hydrolysis) is 1. The molecule has 1 atom stereocenters. The van der Waals surface area contributed by atoms with Crippen molar-refractivity contribution in [2.24, 2.45) is 0 Å². The summed E-state index contributed by atoms with van der Waals surface area (Å²) in [6.45, 7) is 8.19. The molecule has 26 heavy (non-hydrogen) atoms. The van der Waals surface area contributed by atoms with E-state index in [2.05, 4.69) is 58.8 Å². The number of hydrogen-bond donors (Lipinski definition) is 2. The summed E-state index contributed by atoms with van der Waals surface area (Å²) in [7, 11) is 0. The Bertz CT molecular complexity index is 892. The average molecular weight is 351 g/mol. The van der Waals surface area contributed by atoms with Crippen molar-refractivity contribution in [1.29, 1.82) is 0 Å². The summed E-state index contributed by atoms with van der Waals surface area (Å²) in [4.78, 5) is 11.8. The zero-order chi connectivity index (χ0) is 18.7. The Hall–Kier alpha value is -2.82. The number of amides is 1. The molecule has 3 aromatic rings. The third-order valence-corrected chi connectivity index (χ3v) is 4.20. The van der Waals surface area contributed by atoms with Crippen LogP contribution in [0.15, 0.2) is 48.7 Å². The fraction of sp³-hybridized carbons (Fsp3) is 0.333. The topological polar surface area (TPSA) is 67.0 Å². The van der Waals surface area contributed by atoms with Gasteiger partial charge in [0.05, 0.1) is 11.7 Å². The van der Waals surface area contributed by atoms with Crippen LogP contribution in [0.25, 0.3) is 22.0 Å². The molecular weight excluding hydrogens is 326 g/mol. The molecule has 0 saturated carbocycles. The Labute approximate surface area is 153 Å². The number of aromatic nitrogens is 2. The SMILES string of the molecule is CC(CNC(=O)OC(C)(C)C)c1ccc(-c2ccc3[nH]ncc3c2)cc1. The lowest BCUT2D eigenvalue weighted by molar-refractivity contribution is 0.0525. The van der Waals surface area contributed by atoms with Gasteiger partial charge in [-0.05, 0) is 55.5 Å². The van der Waals surface area contributed by atoms with E-state index in [1.807, 2.05) is 33.0 Å². The number of ether oxygens (including phenoxy) is 1. The van der Waals surface area contributed by atoms with E-state index in [1.165, 1.54) is 5.56 Å². The third kappa shape index (κ3) is 4.42. The minimum absolute atomic E-state index is 0.202. The molecule has 2 aromatic carbocycles. The number of aromatic amines is 1. The molecule has 0 fully saturated rings. The highest BCUT2D eigenvalue weighted by molar-refractivity contribution is 5.84. The number of hydrogen-bond acceptors (Lipinski definition) is 3. The molecule has 0 aliphatic rings. The van der Waals surface area contributed by atoms with Gasteiger partial charge >= 0.3 is 6.09 Å². The van der Waals surface area contributed by atoms with Crippen LogP contribution >= 0.6 is 0 Å². The first-order valence-corrected chi connectivity index (χ1v) is 8.82. The molecule has 1 amide bonds. The first kappa shape index (κ1) is 18.0. The summed E-state index contributed by atoms with van der Waals surface area (Å²) in [6, 6.07) is 14.7. The van der Waals surface area contributed by atoms with Crippen LogP contribution < -0.4 is 5.32 Å². The van der Waals surface area contributed by atoms with Gasteiger partial charge in [0.25, 0.3) is 0 Å². The lowest BCUT2D eigenvalue weighted by Gasteiger charge is -2.21. The standard InChI is InChI=1S/C21H25N3O2/c1-14(12-22-20(25)26-21(2,3)4)15-5-7-16(8-6-15)17-9-10-19-18(11-17)13-23-24-19/h5-11,13-14H,12H2,1-4H3,(H,22,25)(H,23,24). The summed E-state index contributed by atoms with van der Waals surface area (Å²) < 4.78 is 5.27. The number of nitrogens with zero attached hydrogens (tertiary/aromatic N) is 1. The van der Waals surface area contributed by atoms with Crippen molar-refractivity contribution >= 4 is 17.0 Å². The first-order valence-electron chi connectivity index (χ1n) is 8.82. The number of nitrogens with one attached hydrogen (secondary N) is 2. The van der Waals surface area contributed by atoms with Gasteiger partial charge in [0.1, 0.15) is 5.60 Å². The molecule has 136 valence electrons. The Kier molecular flexibility index (Phi) is 4.98. The molecule has 3 rings (SSSR count). The predicted molar refractivity (Wildman–Crippen MR) is 104 cm³/mol. The van der Waals surface area contributed by atoms with Gasteiger partial charge in [-0.3, -0.25) is 5.10 Å². The number of H-pyrrole nitrogens is 1. The summed E-state index contributed by atoms with van der Waals surface area (Å²) in [5.41, 5.74) is 4.04. The first-order chi connectivity index (χ1) is 12.3. The maximum Gasteiger partial charge on any atom is 0.407 e. The minimum atomic E-state index is -0.481. The third-order valence-electron chi connectivity index (χ3n) is 4.20. The Balaban J connectivity index is 1.64. The molecule has 1 unspecified atom stereocenters. The van der Waals surface area contributed by atoms with Crippen molar-refractivity contribution in [3.63, 3.8) is 0 Å². The maximum absolute atomic E-state index is 11.8. The molecule has 0 radical (unpaired) electrons. The fourth-order valence-corrected chi connectivity index (χ4v) is 2.79. The van der Waals surface area contributed by atoms with Gasteiger partial charge in [-0.15, -0.1) is 0 Å². The molecule has 1 heterocycles. The van der Waals surface area contributed by atoms with Crippen LogP contribution in [0, 0.1) is 0 Å². The van der Waals surface area contributed by atoms with E-state index in [-0.39, 0.29) is 12.0 Å². The molecule has 0 aliphatic carbocycles. The van der Waals surface area contributed by atoms with E-state index in [0.717, 1.165) is 22.0 Å². The Morgan fingerprint density at radius 2 is 1.85 bits per heavy atom. The predicted octanol–water partition coefficient (Wildman–Crippen LogP) is 4.86. The van der Waals surface area contributed by atoms with Crippen molar-refractivity contribution in [1.82, 2.24) is 15.5 Å². The van der Waals surface area contributed by atoms with E-state index in [1.54, 1.807) is 0 Å². The van der Waals surface area contributed by atoms with E-state index in [0.29, 0.717) is 6.54 Å². The molecule has 0 saturated heterocycles. The van der Waals surface area contributed by atoms with Crippen molar-refractivity contribution in [3.8, 4) is 11.1 Å². The number of carbonyl (C=O) groups is 1. The number of carbonyl (C=O) groups excluding carboxylic acids is 1. The molecule has 2 N–H and O–H groups in total. The number of benzene rings is 2. The molecule has 5 heteroatoms. The molecule has 0 spiro atoms. The van der Waals surface area contributed by atoms with Gasteiger partial charge in [-0.2, -0.15) is 5.10 Å². The zero-order valence-electron chi connectivity index (χ0n) is 15.7. The fourth-order valence-electron chi connectivity index (χ4n) is 2.79. The Morgan fingerprint density at radius 3 is 2.54 bits per heavy atom. The minimum Gasteiger partial charge on any atom is -0.444 e. The van der Waals surface area contributed by atoms with Crippen LogP contribution in [0.2, 0.25) is 0 Å². The van der Waals surface area contributed by atoms with E-state index in [9.17, 15) is 4.79 Å². The molecule has 0 aliphatic heterocycles. The normalized spacial score (nSPS) is 12.8. The highest BCUT2D eigenvalue weighted by atomic mass is 16.6. The molecule has 1 aromatic heterocycles. The van der Waals surface area contributed by atoms with Gasteiger partial charge in [-0.25, -0.2) is 4.79 Å². The largest absolute Gasteiger partial charge is 0.444 e. The second-order valence-corrected chi connectivity index (χ2v) is 7.58. The molecule has 5 nitrogen and oxygen atoms in total. The van der Waals surface area contributed by atoms with Gasteiger partial charge in [-0.1, -0.05) is 37.3 Å². The number of rotatable bonds is 4. The van der Waals surface area contributed by atoms with Crippen LogP contribution in [0.3, 0.4) is 0 Å². The quantitative estimate of drug-likeness (QED) is 0.705.